The maximum absolute atomic E-state index is 13.9. The van der Waals surface area contributed by atoms with Crippen molar-refractivity contribution in [3.05, 3.63) is 97.8 Å². The fourth-order valence-corrected chi connectivity index (χ4v) is 5.04. The number of halogens is 1. The second-order valence-corrected chi connectivity index (χ2v) is 10.0. The number of Topliss-reactive ketones (excluding diaryl/α,β-unsaturated/α-hetero) is 1. The molecular formula is C30H26BrNO6. The lowest BCUT2D eigenvalue weighted by Gasteiger charge is -2.26. The standard InChI is InChI=1S/C30H26BrNO6/c1-4-5-14-37-24-12-8-19(15-25(24)36-3)27-26-28(34)22-16-20(31)9-13-23(22)38-29(26)30(35)32(27)21-10-6-18(7-11-21)17(2)33/h6-13,15-16,27H,4-5,14H2,1-3H3. The van der Waals surface area contributed by atoms with E-state index >= 15 is 0 Å². The number of nitrogens with zero attached hydrogens (tertiary/aromatic N) is 1. The van der Waals surface area contributed by atoms with E-state index in [-0.39, 0.29) is 22.5 Å². The number of carbonyl (C=O) groups is 2. The number of anilines is 1. The van der Waals surface area contributed by atoms with Gasteiger partial charge in [0.15, 0.2) is 22.7 Å². The van der Waals surface area contributed by atoms with E-state index in [0.717, 1.165) is 17.3 Å². The summed E-state index contributed by atoms with van der Waals surface area (Å²) in [7, 11) is 1.55. The molecule has 4 aromatic rings. The lowest BCUT2D eigenvalue weighted by molar-refractivity contribution is 0.0970. The van der Waals surface area contributed by atoms with Gasteiger partial charge in [0.05, 0.1) is 30.7 Å². The Morgan fingerprint density at radius 2 is 1.79 bits per heavy atom. The number of methoxy groups -OCH3 is 1. The van der Waals surface area contributed by atoms with E-state index in [1.54, 1.807) is 61.7 Å². The molecule has 8 heteroatoms. The van der Waals surface area contributed by atoms with E-state index in [2.05, 4.69) is 22.9 Å². The zero-order valence-electron chi connectivity index (χ0n) is 21.2. The molecule has 0 radical (unpaired) electrons. The molecule has 0 saturated carbocycles. The summed E-state index contributed by atoms with van der Waals surface area (Å²) in [5.74, 6) is 0.555. The summed E-state index contributed by atoms with van der Waals surface area (Å²) in [4.78, 5) is 41.0. The van der Waals surface area contributed by atoms with Gasteiger partial charge in [0.2, 0.25) is 5.76 Å². The first-order valence-electron chi connectivity index (χ1n) is 12.4. The van der Waals surface area contributed by atoms with Crippen molar-refractivity contribution < 1.29 is 23.5 Å². The van der Waals surface area contributed by atoms with Crippen LogP contribution >= 0.6 is 15.9 Å². The van der Waals surface area contributed by atoms with Crippen molar-refractivity contribution in [1.29, 1.82) is 0 Å². The first-order valence-corrected chi connectivity index (χ1v) is 13.1. The largest absolute Gasteiger partial charge is 0.493 e. The lowest BCUT2D eigenvalue weighted by Crippen LogP contribution is -2.29. The van der Waals surface area contributed by atoms with Gasteiger partial charge in [0.1, 0.15) is 5.58 Å². The highest BCUT2D eigenvalue weighted by molar-refractivity contribution is 9.10. The Balaban J connectivity index is 1.70. The first-order chi connectivity index (χ1) is 18.3. The Kier molecular flexibility index (Phi) is 7.08. The maximum Gasteiger partial charge on any atom is 0.295 e. The van der Waals surface area contributed by atoms with Gasteiger partial charge in [0, 0.05) is 15.7 Å². The predicted octanol–water partition coefficient (Wildman–Crippen LogP) is 6.70. The highest BCUT2D eigenvalue weighted by atomic mass is 79.9. The smallest absolute Gasteiger partial charge is 0.295 e. The predicted molar refractivity (Wildman–Crippen MR) is 149 cm³/mol. The van der Waals surface area contributed by atoms with Crippen molar-refractivity contribution in [1.82, 2.24) is 0 Å². The van der Waals surface area contributed by atoms with Crippen LogP contribution in [0.25, 0.3) is 11.0 Å². The number of ether oxygens (including phenoxy) is 2. The Morgan fingerprint density at radius 3 is 2.47 bits per heavy atom. The van der Waals surface area contributed by atoms with Crippen molar-refractivity contribution >= 4 is 44.3 Å². The SMILES string of the molecule is CCCCOc1ccc(C2c3c(oc4ccc(Br)cc4c3=O)C(=O)N2c2ccc(C(C)=O)cc2)cc1OC. The minimum absolute atomic E-state index is 0.00675. The highest BCUT2D eigenvalue weighted by Crippen LogP contribution is 2.43. The van der Waals surface area contributed by atoms with Crippen LogP contribution in [-0.4, -0.2) is 25.4 Å². The van der Waals surface area contributed by atoms with Crippen molar-refractivity contribution in [2.24, 2.45) is 0 Å². The molecule has 0 saturated heterocycles. The molecule has 7 nitrogen and oxygen atoms in total. The van der Waals surface area contributed by atoms with Gasteiger partial charge in [-0.25, -0.2) is 0 Å². The second kappa shape index (κ2) is 10.5. The molecule has 5 rings (SSSR count). The van der Waals surface area contributed by atoms with Gasteiger partial charge in [-0.2, -0.15) is 0 Å². The zero-order valence-corrected chi connectivity index (χ0v) is 22.8. The number of rotatable bonds is 8. The molecule has 1 aliphatic heterocycles. The van der Waals surface area contributed by atoms with Gasteiger partial charge < -0.3 is 13.9 Å². The van der Waals surface area contributed by atoms with Gasteiger partial charge in [-0.3, -0.25) is 19.3 Å². The van der Waals surface area contributed by atoms with E-state index in [0.29, 0.717) is 45.9 Å². The number of fused-ring (bicyclic) bond motifs is 2. The Bertz CT molecular complexity index is 1610. The van der Waals surface area contributed by atoms with Crippen LogP contribution in [0.2, 0.25) is 0 Å². The summed E-state index contributed by atoms with van der Waals surface area (Å²) in [6.07, 6.45) is 1.90. The summed E-state index contributed by atoms with van der Waals surface area (Å²) in [6.45, 7) is 4.12. The number of unbranched alkanes of at least 4 members (excludes halogenated alkanes) is 1. The average molecular weight is 576 g/mol. The summed E-state index contributed by atoms with van der Waals surface area (Å²) >= 11 is 3.42. The highest BCUT2D eigenvalue weighted by Gasteiger charge is 2.44. The topological polar surface area (TPSA) is 86.0 Å². The van der Waals surface area contributed by atoms with E-state index in [1.165, 1.54) is 11.8 Å². The van der Waals surface area contributed by atoms with Crippen molar-refractivity contribution in [3.63, 3.8) is 0 Å². The molecule has 1 aliphatic rings. The minimum atomic E-state index is -0.779. The molecule has 194 valence electrons. The number of carbonyl (C=O) groups excluding carboxylic acids is 2. The molecule has 0 bridgehead atoms. The number of amides is 1. The van der Waals surface area contributed by atoms with Crippen LogP contribution in [0.4, 0.5) is 5.69 Å². The van der Waals surface area contributed by atoms with Gasteiger partial charge in [-0.05, 0) is 73.5 Å². The van der Waals surface area contributed by atoms with Crippen LogP contribution in [0.3, 0.4) is 0 Å². The number of hydrogen-bond donors (Lipinski definition) is 0. The Morgan fingerprint density at radius 1 is 1.03 bits per heavy atom. The number of benzene rings is 3. The molecule has 0 aliphatic carbocycles. The molecule has 1 unspecified atom stereocenters. The van der Waals surface area contributed by atoms with E-state index < -0.39 is 11.9 Å². The van der Waals surface area contributed by atoms with Gasteiger partial charge in [0.25, 0.3) is 5.91 Å². The van der Waals surface area contributed by atoms with Gasteiger partial charge in [-0.1, -0.05) is 35.3 Å². The monoisotopic (exact) mass is 575 g/mol. The van der Waals surface area contributed by atoms with Gasteiger partial charge in [-0.15, -0.1) is 0 Å². The van der Waals surface area contributed by atoms with Crippen LogP contribution in [0, 0.1) is 0 Å². The Labute approximate surface area is 228 Å². The molecule has 1 aromatic heterocycles. The quantitative estimate of drug-likeness (QED) is 0.172. The molecular weight excluding hydrogens is 550 g/mol. The van der Waals surface area contributed by atoms with Crippen LogP contribution < -0.4 is 19.8 Å². The third kappa shape index (κ3) is 4.49. The molecule has 0 fully saturated rings. The van der Waals surface area contributed by atoms with Crippen LogP contribution in [0.1, 0.15) is 64.8 Å². The van der Waals surface area contributed by atoms with Gasteiger partial charge >= 0.3 is 0 Å². The van der Waals surface area contributed by atoms with E-state index in [9.17, 15) is 14.4 Å². The lowest BCUT2D eigenvalue weighted by atomic mass is 9.97. The van der Waals surface area contributed by atoms with Crippen molar-refractivity contribution in [2.45, 2.75) is 32.7 Å². The van der Waals surface area contributed by atoms with Crippen LogP contribution in [0.5, 0.6) is 11.5 Å². The average Bonchev–Trinajstić information content (AvgIpc) is 3.21. The Hall–Kier alpha value is -3.91. The fraction of sp³-hybridized carbons (Fsp3) is 0.233. The third-order valence-electron chi connectivity index (χ3n) is 6.64. The molecule has 1 amide bonds. The van der Waals surface area contributed by atoms with Crippen molar-refractivity contribution in [3.8, 4) is 11.5 Å². The first kappa shape index (κ1) is 25.7. The van der Waals surface area contributed by atoms with Crippen LogP contribution in [0.15, 0.2) is 74.3 Å². The fourth-order valence-electron chi connectivity index (χ4n) is 4.68. The van der Waals surface area contributed by atoms with E-state index in [4.69, 9.17) is 13.9 Å². The van der Waals surface area contributed by atoms with E-state index in [1.807, 2.05) is 6.07 Å². The molecule has 2 heterocycles. The zero-order chi connectivity index (χ0) is 27.0. The number of hydrogen-bond acceptors (Lipinski definition) is 6. The second-order valence-electron chi connectivity index (χ2n) is 9.11. The molecule has 3 aromatic carbocycles. The molecule has 0 spiro atoms. The van der Waals surface area contributed by atoms with Crippen molar-refractivity contribution in [2.75, 3.05) is 18.6 Å². The molecule has 38 heavy (non-hydrogen) atoms. The normalized spacial score (nSPS) is 14.6. The summed E-state index contributed by atoms with van der Waals surface area (Å²) in [6, 6.07) is 16.5. The summed E-state index contributed by atoms with van der Waals surface area (Å²) in [5, 5.41) is 0.371. The summed E-state index contributed by atoms with van der Waals surface area (Å²) in [5.41, 5.74) is 2.01. The summed E-state index contributed by atoms with van der Waals surface area (Å²) < 4.78 is 18.3. The molecule has 1 atom stereocenters. The third-order valence-corrected chi connectivity index (χ3v) is 7.14. The van der Waals surface area contributed by atoms with Crippen LogP contribution in [-0.2, 0) is 0 Å². The maximum atomic E-state index is 13.9. The minimum Gasteiger partial charge on any atom is -0.493 e. The number of ketones is 1. The molecule has 0 N–H and O–H groups in total.